The van der Waals surface area contributed by atoms with E-state index >= 15 is 0 Å². The Bertz CT molecular complexity index is 199. The maximum atomic E-state index is 10.7. The molecule has 2 rings (SSSR count). The Kier molecular flexibility index (Phi) is 2.29. The lowest BCUT2D eigenvalue weighted by atomic mass is 10.1. The van der Waals surface area contributed by atoms with Gasteiger partial charge in [-0.15, -0.1) is 23.5 Å². The van der Waals surface area contributed by atoms with Crippen LogP contribution in [-0.2, 0) is 4.79 Å². The first-order valence-electron chi connectivity index (χ1n) is 4.23. The monoisotopic (exact) mass is 204 g/mol. The van der Waals surface area contributed by atoms with Gasteiger partial charge in [0.1, 0.15) is 0 Å². The van der Waals surface area contributed by atoms with Crippen molar-refractivity contribution < 1.29 is 9.90 Å². The van der Waals surface area contributed by atoms with Gasteiger partial charge in [0.05, 0.1) is 10.00 Å². The first-order chi connectivity index (χ1) is 5.72. The second-order valence-electron chi connectivity index (χ2n) is 3.39. The Morgan fingerprint density at radius 1 is 1.42 bits per heavy atom. The first kappa shape index (κ1) is 8.75. The van der Waals surface area contributed by atoms with E-state index in [1.165, 1.54) is 11.5 Å². The molecule has 1 saturated heterocycles. The van der Waals surface area contributed by atoms with Crippen LogP contribution in [0.15, 0.2) is 0 Å². The highest BCUT2D eigenvalue weighted by molar-refractivity contribution is 8.21. The summed E-state index contributed by atoms with van der Waals surface area (Å²) in [6, 6.07) is 0. The maximum absolute atomic E-state index is 10.7. The summed E-state index contributed by atoms with van der Waals surface area (Å²) in [4.78, 5) is 10.7. The van der Waals surface area contributed by atoms with E-state index in [4.69, 9.17) is 5.11 Å². The van der Waals surface area contributed by atoms with Crippen molar-refractivity contribution in [2.75, 3.05) is 11.5 Å². The SMILES string of the molecule is O=C(O)[C@@H]1CCC2(C1)SCCS2. The van der Waals surface area contributed by atoms with Gasteiger partial charge in [0.15, 0.2) is 0 Å². The number of carbonyl (C=O) groups is 1. The Morgan fingerprint density at radius 2 is 2.08 bits per heavy atom. The Morgan fingerprint density at radius 3 is 2.58 bits per heavy atom. The van der Waals surface area contributed by atoms with E-state index in [1.54, 1.807) is 0 Å². The zero-order valence-electron chi connectivity index (χ0n) is 6.78. The second kappa shape index (κ2) is 3.14. The number of carboxylic acid groups (broad SMARTS) is 1. The van der Waals surface area contributed by atoms with Crippen molar-refractivity contribution in [3.8, 4) is 0 Å². The number of hydrogen-bond donors (Lipinski definition) is 1. The van der Waals surface area contributed by atoms with Gasteiger partial charge in [-0.05, 0) is 19.3 Å². The van der Waals surface area contributed by atoms with Gasteiger partial charge in [-0.2, -0.15) is 0 Å². The van der Waals surface area contributed by atoms with E-state index in [9.17, 15) is 4.79 Å². The average Bonchev–Trinajstić information content (AvgIpc) is 2.62. The third-order valence-electron chi connectivity index (χ3n) is 2.59. The largest absolute Gasteiger partial charge is 0.481 e. The van der Waals surface area contributed by atoms with E-state index in [-0.39, 0.29) is 5.92 Å². The molecular formula is C8H12O2S2. The van der Waals surface area contributed by atoms with Crippen LogP contribution >= 0.6 is 23.5 Å². The smallest absolute Gasteiger partial charge is 0.306 e. The summed E-state index contributed by atoms with van der Waals surface area (Å²) in [6.07, 6.45) is 2.87. The second-order valence-corrected chi connectivity index (χ2v) is 6.60. The lowest BCUT2D eigenvalue weighted by molar-refractivity contribution is -0.141. The number of hydrogen-bond acceptors (Lipinski definition) is 3. The molecular weight excluding hydrogens is 192 g/mol. The molecule has 68 valence electrons. The van der Waals surface area contributed by atoms with Gasteiger partial charge in [-0.3, -0.25) is 4.79 Å². The minimum Gasteiger partial charge on any atom is -0.481 e. The maximum Gasteiger partial charge on any atom is 0.306 e. The van der Waals surface area contributed by atoms with Crippen molar-refractivity contribution in [1.82, 2.24) is 0 Å². The quantitative estimate of drug-likeness (QED) is 0.709. The summed E-state index contributed by atoms with van der Waals surface area (Å²) >= 11 is 3.95. The van der Waals surface area contributed by atoms with Crippen LogP contribution in [0.3, 0.4) is 0 Å². The molecule has 2 aliphatic rings. The van der Waals surface area contributed by atoms with Crippen LogP contribution in [0, 0.1) is 5.92 Å². The molecule has 1 aliphatic heterocycles. The molecule has 0 amide bonds. The van der Waals surface area contributed by atoms with Crippen molar-refractivity contribution in [2.24, 2.45) is 5.92 Å². The Hall–Kier alpha value is 0.170. The molecule has 0 aromatic rings. The van der Waals surface area contributed by atoms with E-state index in [0.717, 1.165) is 19.3 Å². The molecule has 0 aromatic carbocycles. The fourth-order valence-electron chi connectivity index (χ4n) is 1.94. The van der Waals surface area contributed by atoms with E-state index in [2.05, 4.69) is 0 Å². The van der Waals surface area contributed by atoms with E-state index in [1.807, 2.05) is 23.5 Å². The van der Waals surface area contributed by atoms with Crippen LogP contribution in [-0.4, -0.2) is 26.7 Å². The molecule has 1 saturated carbocycles. The Balaban J connectivity index is 2.01. The van der Waals surface area contributed by atoms with Gasteiger partial charge in [-0.25, -0.2) is 0 Å². The zero-order chi connectivity index (χ0) is 8.60. The first-order valence-corrected chi connectivity index (χ1v) is 6.20. The van der Waals surface area contributed by atoms with Gasteiger partial charge in [-0.1, -0.05) is 0 Å². The molecule has 1 aliphatic carbocycles. The molecule has 0 aromatic heterocycles. The van der Waals surface area contributed by atoms with Crippen molar-refractivity contribution in [2.45, 2.75) is 23.3 Å². The van der Waals surface area contributed by atoms with Crippen molar-refractivity contribution >= 4 is 29.5 Å². The highest BCUT2D eigenvalue weighted by atomic mass is 32.2. The lowest BCUT2D eigenvalue weighted by Gasteiger charge is -2.19. The topological polar surface area (TPSA) is 37.3 Å². The molecule has 4 heteroatoms. The number of thioether (sulfide) groups is 2. The van der Waals surface area contributed by atoms with Crippen LogP contribution in [0.2, 0.25) is 0 Å². The van der Waals surface area contributed by atoms with Gasteiger partial charge in [0.2, 0.25) is 0 Å². The normalized spacial score (nSPS) is 32.8. The molecule has 2 fully saturated rings. The average molecular weight is 204 g/mol. The van der Waals surface area contributed by atoms with E-state index in [0.29, 0.717) is 4.08 Å². The molecule has 12 heavy (non-hydrogen) atoms. The zero-order valence-corrected chi connectivity index (χ0v) is 8.42. The van der Waals surface area contributed by atoms with Gasteiger partial charge in [0.25, 0.3) is 0 Å². The van der Waals surface area contributed by atoms with Gasteiger partial charge >= 0.3 is 5.97 Å². The summed E-state index contributed by atoms with van der Waals surface area (Å²) in [5, 5.41) is 8.84. The summed E-state index contributed by atoms with van der Waals surface area (Å²) in [7, 11) is 0. The molecule has 1 heterocycles. The van der Waals surface area contributed by atoms with Crippen molar-refractivity contribution in [3.05, 3.63) is 0 Å². The number of carboxylic acids is 1. The predicted octanol–water partition coefficient (Wildman–Crippen LogP) is 2.05. The summed E-state index contributed by atoms with van der Waals surface area (Å²) in [5.41, 5.74) is 0. The Labute approximate surface area is 80.5 Å². The lowest BCUT2D eigenvalue weighted by Crippen LogP contribution is -2.15. The van der Waals surface area contributed by atoms with Crippen LogP contribution in [0.4, 0.5) is 0 Å². The molecule has 1 atom stereocenters. The van der Waals surface area contributed by atoms with Crippen LogP contribution in [0.1, 0.15) is 19.3 Å². The molecule has 0 unspecified atom stereocenters. The fourth-order valence-corrected chi connectivity index (χ4v) is 5.35. The van der Waals surface area contributed by atoms with Gasteiger partial charge < -0.3 is 5.11 Å². The summed E-state index contributed by atoms with van der Waals surface area (Å²) in [5.74, 6) is 1.75. The van der Waals surface area contributed by atoms with Crippen molar-refractivity contribution in [3.63, 3.8) is 0 Å². The molecule has 2 nitrogen and oxygen atoms in total. The van der Waals surface area contributed by atoms with Crippen LogP contribution in [0.5, 0.6) is 0 Å². The third kappa shape index (κ3) is 1.46. The minimum atomic E-state index is -0.597. The molecule has 0 radical (unpaired) electrons. The standard InChI is InChI=1S/C8H12O2S2/c9-7(10)6-1-2-8(5-6)11-3-4-12-8/h6H,1-5H2,(H,9,10)/t6-/m1/s1. The summed E-state index contributed by atoms with van der Waals surface area (Å²) < 4.78 is 0.295. The predicted molar refractivity (Wildman–Crippen MR) is 52.6 cm³/mol. The molecule has 1 N–H and O–H groups in total. The highest BCUT2D eigenvalue weighted by Crippen LogP contribution is 2.55. The third-order valence-corrected chi connectivity index (χ3v) is 6.17. The van der Waals surface area contributed by atoms with Crippen LogP contribution in [0.25, 0.3) is 0 Å². The van der Waals surface area contributed by atoms with Gasteiger partial charge in [0, 0.05) is 11.5 Å². The molecule has 0 bridgehead atoms. The number of rotatable bonds is 1. The number of aliphatic carboxylic acids is 1. The molecule has 1 spiro atoms. The summed E-state index contributed by atoms with van der Waals surface area (Å²) in [6.45, 7) is 0. The minimum absolute atomic E-state index is 0.0666. The van der Waals surface area contributed by atoms with Crippen molar-refractivity contribution in [1.29, 1.82) is 0 Å². The fraction of sp³-hybridized carbons (Fsp3) is 0.875. The highest BCUT2D eigenvalue weighted by Gasteiger charge is 2.44. The van der Waals surface area contributed by atoms with E-state index < -0.39 is 5.97 Å². The van der Waals surface area contributed by atoms with Crippen LogP contribution < -0.4 is 0 Å².